The number of esters is 2. The molecule has 0 spiro atoms. The molecule has 3 N–H and O–H groups in total. The van der Waals surface area contributed by atoms with Crippen LogP contribution in [0.2, 0.25) is 0 Å². The van der Waals surface area contributed by atoms with E-state index in [-0.39, 0.29) is 18.2 Å². The number of ether oxygens (including phenoxy) is 2. The molecule has 0 radical (unpaired) electrons. The van der Waals surface area contributed by atoms with Gasteiger partial charge in [0.15, 0.2) is 0 Å². The second-order valence-electron chi connectivity index (χ2n) is 8.49. The Labute approximate surface area is 211 Å². The third kappa shape index (κ3) is 5.40. The van der Waals surface area contributed by atoms with E-state index in [1.54, 1.807) is 13.0 Å². The highest BCUT2D eigenvalue weighted by molar-refractivity contribution is 7.99. The Morgan fingerprint density at radius 1 is 1.11 bits per heavy atom. The van der Waals surface area contributed by atoms with Gasteiger partial charge in [0, 0.05) is 42.2 Å². The summed E-state index contributed by atoms with van der Waals surface area (Å²) >= 11 is 1.18. The fourth-order valence-corrected chi connectivity index (χ4v) is 6.26. The number of carboxylic acid groups (broad SMARTS) is 2. The van der Waals surface area contributed by atoms with Crippen molar-refractivity contribution in [2.45, 2.75) is 37.3 Å². The van der Waals surface area contributed by atoms with E-state index in [4.69, 9.17) is 9.47 Å². The molecule has 35 heavy (non-hydrogen) atoms. The van der Waals surface area contributed by atoms with Gasteiger partial charge >= 0.3 is 23.9 Å². The maximum atomic E-state index is 13.6. The van der Waals surface area contributed by atoms with Crippen molar-refractivity contribution in [2.24, 2.45) is 23.7 Å². The first kappa shape index (κ1) is 28.8. The molecule has 0 amide bonds. The third-order valence-corrected chi connectivity index (χ3v) is 7.63. The maximum absolute atomic E-state index is 13.6. The molecule has 1 aromatic carbocycles. The maximum Gasteiger partial charge on any atom is 0.325 e. The van der Waals surface area contributed by atoms with Crippen LogP contribution in [0.15, 0.2) is 23.1 Å². The van der Waals surface area contributed by atoms with Crippen LogP contribution in [-0.2, 0) is 28.7 Å². The first-order chi connectivity index (χ1) is 15.9. The molecule has 3 rings (SSSR count). The molecule has 2 saturated carbocycles. The number of carbonyl (C=O) groups is 4. The molecule has 1 aromatic rings. The summed E-state index contributed by atoms with van der Waals surface area (Å²) in [6, 6.07) is 4.38. The predicted octanol–water partition coefficient (Wildman–Crippen LogP) is 1.75. The quantitative estimate of drug-likeness (QED) is 0.228. The Kier molecular flexibility index (Phi) is 9.15. The van der Waals surface area contributed by atoms with Gasteiger partial charge in [-0.3, -0.25) is 19.2 Å². The van der Waals surface area contributed by atoms with Gasteiger partial charge in [0.2, 0.25) is 0 Å². The number of nitrogens with zero attached hydrogens (tertiary/aromatic N) is 1. The summed E-state index contributed by atoms with van der Waals surface area (Å²) in [5.74, 6) is -8.48. The van der Waals surface area contributed by atoms with Crippen LogP contribution in [0.4, 0.5) is 4.39 Å². The normalized spacial score (nSPS) is 28.6. The van der Waals surface area contributed by atoms with E-state index in [0.29, 0.717) is 10.5 Å². The molecule has 10 nitrogen and oxygen atoms in total. The standard InChI is InChI=1S/C22H26FNO9S.ClH/c1-10-6-13(4-5-15(10)23)34-7-14-19(27)16-17(20(28)29)18(16)22(14,21(30)31)24(8-32-11(2)25)9-33-12(3)26;/h4-6,14,16-19,27H,7-9H2,1-3H3,(H,28,29)(H,30,31);1H/t14-,16+,17+,18+,19-,22+;/m1./s1. The molecule has 0 aliphatic heterocycles. The zero-order chi connectivity index (χ0) is 25.4. The molecular formula is C22H27ClFNO9S. The number of carboxylic acids is 2. The van der Waals surface area contributed by atoms with Crippen molar-refractivity contribution in [2.75, 3.05) is 19.2 Å². The molecule has 2 aliphatic carbocycles. The molecule has 0 aromatic heterocycles. The van der Waals surface area contributed by atoms with Gasteiger partial charge in [-0.1, -0.05) is 0 Å². The Balaban J connectivity index is 0.00000432. The molecule has 0 heterocycles. The van der Waals surface area contributed by atoms with Crippen molar-refractivity contribution < 1.29 is 48.4 Å². The molecule has 2 aliphatic rings. The fraction of sp³-hybridized carbons (Fsp3) is 0.545. The lowest BCUT2D eigenvalue weighted by Crippen LogP contribution is -2.63. The van der Waals surface area contributed by atoms with Crippen LogP contribution in [0.3, 0.4) is 0 Å². The molecule has 2 fully saturated rings. The second kappa shape index (κ2) is 11.1. The minimum absolute atomic E-state index is 0. The number of halogens is 2. The zero-order valence-corrected chi connectivity index (χ0v) is 20.8. The van der Waals surface area contributed by atoms with Gasteiger partial charge in [-0.15, -0.1) is 24.2 Å². The lowest BCUT2D eigenvalue weighted by molar-refractivity contribution is -0.185. The minimum Gasteiger partial charge on any atom is -0.481 e. The number of aliphatic hydroxyl groups excluding tert-OH is 1. The smallest absolute Gasteiger partial charge is 0.325 e. The number of aliphatic carboxylic acids is 2. The van der Waals surface area contributed by atoms with Crippen LogP contribution in [-0.4, -0.2) is 75.0 Å². The number of hydrogen-bond acceptors (Lipinski definition) is 9. The number of carbonyl (C=O) groups excluding carboxylic acids is 2. The van der Waals surface area contributed by atoms with Crippen molar-refractivity contribution in [3.8, 4) is 0 Å². The van der Waals surface area contributed by atoms with Crippen LogP contribution in [0.5, 0.6) is 0 Å². The van der Waals surface area contributed by atoms with Crippen LogP contribution >= 0.6 is 24.2 Å². The van der Waals surface area contributed by atoms with Gasteiger partial charge in [0.05, 0.1) is 12.0 Å². The van der Waals surface area contributed by atoms with E-state index in [1.165, 1.54) is 23.9 Å². The van der Waals surface area contributed by atoms with Crippen molar-refractivity contribution >= 4 is 48.0 Å². The van der Waals surface area contributed by atoms with Crippen LogP contribution in [0.1, 0.15) is 19.4 Å². The van der Waals surface area contributed by atoms with Crippen LogP contribution in [0.25, 0.3) is 0 Å². The molecule has 0 bridgehead atoms. The topological polar surface area (TPSA) is 151 Å². The zero-order valence-electron chi connectivity index (χ0n) is 19.2. The summed E-state index contributed by atoms with van der Waals surface area (Å²) in [6.45, 7) is 2.64. The van der Waals surface area contributed by atoms with E-state index >= 15 is 0 Å². The number of fused-ring (bicyclic) bond motifs is 1. The lowest BCUT2D eigenvalue weighted by atomic mass is 9.79. The average Bonchev–Trinajstić information content (AvgIpc) is 3.44. The van der Waals surface area contributed by atoms with E-state index in [0.717, 1.165) is 18.7 Å². The summed E-state index contributed by atoms with van der Waals surface area (Å²) in [5.41, 5.74) is -1.61. The van der Waals surface area contributed by atoms with E-state index in [9.17, 15) is 38.9 Å². The van der Waals surface area contributed by atoms with Gasteiger partial charge in [0.1, 0.15) is 24.8 Å². The summed E-state index contributed by atoms with van der Waals surface area (Å²) in [5, 5.41) is 31.1. The number of rotatable bonds is 10. The summed E-state index contributed by atoms with van der Waals surface area (Å²) in [4.78, 5) is 49.3. The molecule has 0 saturated heterocycles. The molecule has 6 atom stereocenters. The van der Waals surface area contributed by atoms with Crippen molar-refractivity contribution in [1.29, 1.82) is 0 Å². The largest absolute Gasteiger partial charge is 0.481 e. The van der Waals surface area contributed by atoms with E-state index in [1.807, 2.05) is 0 Å². The highest BCUT2D eigenvalue weighted by Gasteiger charge is 2.80. The van der Waals surface area contributed by atoms with Crippen molar-refractivity contribution in [1.82, 2.24) is 4.90 Å². The van der Waals surface area contributed by atoms with Crippen LogP contribution < -0.4 is 0 Å². The SMILES string of the molecule is CC(=O)OCN(COC(C)=O)[C@]1(C(=O)O)[C@@H]2[C@@H](C(=O)O)[C@@H]2[C@H](O)[C@H]1CSc1ccc(F)c(C)c1.Cl. The fourth-order valence-electron chi connectivity index (χ4n) is 5.01. The molecule has 0 unspecified atom stereocenters. The van der Waals surface area contributed by atoms with Gasteiger partial charge < -0.3 is 24.8 Å². The number of hydrogen-bond donors (Lipinski definition) is 3. The van der Waals surface area contributed by atoms with Gasteiger partial charge in [-0.2, -0.15) is 0 Å². The second-order valence-corrected chi connectivity index (χ2v) is 9.58. The van der Waals surface area contributed by atoms with Crippen molar-refractivity contribution in [3.63, 3.8) is 0 Å². The summed E-state index contributed by atoms with van der Waals surface area (Å²) in [7, 11) is 0. The lowest BCUT2D eigenvalue weighted by Gasteiger charge is -2.43. The molecular weight excluding hydrogens is 509 g/mol. The minimum atomic E-state index is -2.00. The summed E-state index contributed by atoms with van der Waals surface area (Å²) < 4.78 is 23.7. The van der Waals surface area contributed by atoms with Gasteiger partial charge in [-0.25, -0.2) is 9.29 Å². The first-order valence-electron chi connectivity index (χ1n) is 10.5. The highest BCUT2D eigenvalue weighted by atomic mass is 35.5. The average molecular weight is 536 g/mol. The van der Waals surface area contributed by atoms with E-state index < -0.39 is 78.5 Å². The number of benzene rings is 1. The number of aliphatic hydroxyl groups is 1. The Hall–Kier alpha value is -2.41. The molecule has 13 heteroatoms. The van der Waals surface area contributed by atoms with Crippen molar-refractivity contribution in [3.05, 3.63) is 29.6 Å². The highest BCUT2D eigenvalue weighted by Crippen LogP contribution is 2.67. The predicted molar refractivity (Wildman–Crippen MR) is 122 cm³/mol. The van der Waals surface area contributed by atoms with E-state index in [2.05, 4.69) is 0 Å². The number of aryl methyl sites for hydroxylation is 1. The monoisotopic (exact) mass is 535 g/mol. The first-order valence-corrected chi connectivity index (χ1v) is 11.5. The number of thioether (sulfide) groups is 1. The summed E-state index contributed by atoms with van der Waals surface area (Å²) in [6.07, 6.45) is -1.30. The van der Waals surface area contributed by atoms with Gasteiger partial charge in [-0.05, 0) is 30.7 Å². The Morgan fingerprint density at radius 2 is 1.69 bits per heavy atom. The van der Waals surface area contributed by atoms with Crippen LogP contribution in [0, 0.1) is 36.4 Å². The molecule has 194 valence electrons. The Bertz CT molecular complexity index is 993. The van der Waals surface area contributed by atoms with Gasteiger partial charge in [0.25, 0.3) is 0 Å². The Morgan fingerprint density at radius 3 is 2.14 bits per heavy atom. The third-order valence-electron chi connectivity index (χ3n) is 6.51.